The number of H-pyrrole nitrogens is 2. The van der Waals surface area contributed by atoms with Gasteiger partial charge in [0.1, 0.15) is 11.6 Å². The number of aromatic amines is 2. The van der Waals surface area contributed by atoms with E-state index in [4.69, 9.17) is 4.98 Å². The molecule has 2 aliphatic rings. The van der Waals surface area contributed by atoms with Gasteiger partial charge in [-0.1, -0.05) is 24.8 Å². The minimum Gasteiger partial charge on any atom is -0.344 e. The van der Waals surface area contributed by atoms with Gasteiger partial charge in [-0.3, -0.25) is 0 Å². The van der Waals surface area contributed by atoms with Crippen LogP contribution in [0.3, 0.4) is 0 Å². The maximum absolute atomic E-state index is 4.98. The first-order valence-corrected chi connectivity index (χ1v) is 12.8. The highest BCUT2D eigenvalue weighted by Gasteiger charge is 2.25. The quantitative estimate of drug-likeness (QED) is 0.250. The zero-order valence-electron chi connectivity index (χ0n) is 20.7. The molecule has 1 fully saturated rings. The number of nitrogens with one attached hydrogen (secondary N) is 4. The summed E-state index contributed by atoms with van der Waals surface area (Å²) in [6, 6.07) is 13.1. The molecule has 2 aromatic heterocycles. The summed E-state index contributed by atoms with van der Waals surface area (Å²) in [6.45, 7) is 5.00. The number of hydrogen-bond acceptors (Lipinski definition) is 4. The average Bonchev–Trinajstić information content (AvgIpc) is 3.67. The van der Waals surface area contributed by atoms with Crippen molar-refractivity contribution in [3.8, 4) is 35.9 Å². The molecule has 6 rings (SSSR count). The number of hydrogen-bond donors (Lipinski definition) is 4. The second-order valence-corrected chi connectivity index (χ2v) is 9.31. The molecule has 4 N–H and O–H groups in total. The van der Waals surface area contributed by atoms with Crippen LogP contribution in [0, 0.1) is 24.7 Å². The first kappa shape index (κ1) is 23.9. The summed E-state index contributed by atoms with van der Waals surface area (Å²) in [5.74, 6) is 8.76. The van der Waals surface area contributed by atoms with E-state index in [0.717, 1.165) is 84.8 Å². The Morgan fingerprint density at radius 2 is 1.86 bits per heavy atom. The van der Waals surface area contributed by atoms with Gasteiger partial charge < -0.3 is 20.6 Å². The lowest BCUT2D eigenvalue weighted by atomic mass is 9.91. The standard InChI is InChI=1S/C28H30N6.C2H2/c1-2-13-29-17-26-31-22-11-8-19(16-25(22)32-26)6-5-18-7-10-21-20(15-18)9-12-23-27(21)34-28(33-23)24-4-3-14-30-24;1-2/h7-8,10-11,15-16,24,29-30H,2-4,9,12-14,17H2,1H3,(H,31,32)(H,33,34);1-2H/t24-;/m0./s1. The molecule has 1 aliphatic carbocycles. The van der Waals surface area contributed by atoms with Crippen LogP contribution in [0.4, 0.5) is 0 Å². The average molecular weight is 477 g/mol. The lowest BCUT2D eigenvalue weighted by Gasteiger charge is -2.15. The highest BCUT2D eigenvalue weighted by atomic mass is 15.0. The van der Waals surface area contributed by atoms with Crippen LogP contribution in [-0.2, 0) is 19.4 Å². The van der Waals surface area contributed by atoms with Crippen LogP contribution in [0.5, 0.6) is 0 Å². The number of fused-ring (bicyclic) bond motifs is 4. The molecule has 0 spiro atoms. The van der Waals surface area contributed by atoms with Crippen molar-refractivity contribution in [3.05, 3.63) is 70.4 Å². The molecule has 0 saturated carbocycles. The molecular formula is C30H32N6. The van der Waals surface area contributed by atoms with E-state index < -0.39 is 0 Å². The first-order chi connectivity index (χ1) is 17.8. The van der Waals surface area contributed by atoms with Gasteiger partial charge in [-0.05, 0) is 81.1 Å². The number of benzene rings is 2. The van der Waals surface area contributed by atoms with Crippen molar-refractivity contribution in [3.63, 3.8) is 0 Å². The van der Waals surface area contributed by atoms with E-state index in [2.05, 4.69) is 81.5 Å². The van der Waals surface area contributed by atoms with Crippen LogP contribution in [0.1, 0.15) is 66.3 Å². The van der Waals surface area contributed by atoms with Gasteiger partial charge in [-0.2, -0.15) is 0 Å². The van der Waals surface area contributed by atoms with Crippen LogP contribution >= 0.6 is 0 Å². The first-order valence-electron chi connectivity index (χ1n) is 12.8. The molecule has 0 radical (unpaired) electrons. The van der Waals surface area contributed by atoms with E-state index in [-0.39, 0.29) is 0 Å². The summed E-state index contributed by atoms with van der Waals surface area (Å²) in [7, 11) is 0. The Morgan fingerprint density at radius 1 is 1.03 bits per heavy atom. The predicted octanol–water partition coefficient (Wildman–Crippen LogP) is 4.62. The van der Waals surface area contributed by atoms with Gasteiger partial charge in [0.15, 0.2) is 0 Å². The zero-order valence-corrected chi connectivity index (χ0v) is 20.7. The highest BCUT2D eigenvalue weighted by Crippen LogP contribution is 2.34. The van der Waals surface area contributed by atoms with Crippen molar-refractivity contribution in [2.45, 2.75) is 51.6 Å². The fourth-order valence-electron chi connectivity index (χ4n) is 5.04. The van der Waals surface area contributed by atoms with Crippen molar-refractivity contribution >= 4 is 11.0 Å². The fraction of sp³-hybridized carbons (Fsp3) is 0.333. The predicted molar refractivity (Wildman–Crippen MR) is 145 cm³/mol. The molecule has 6 nitrogen and oxygen atoms in total. The molecule has 36 heavy (non-hydrogen) atoms. The number of aromatic nitrogens is 4. The van der Waals surface area contributed by atoms with Crippen LogP contribution < -0.4 is 10.6 Å². The molecule has 1 saturated heterocycles. The van der Waals surface area contributed by atoms with Crippen LogP contribution in [0.15, 0.2) is 36.4 Å². The van der Waals surface area contributed by atoms with Crippen molar-refractivity contribution in [1.82, 2.24) is 30.6 Å². The molecule has 6 heteroatoms. The largest absolute Gasteiger partial charge is 0.344 e. The van der Waals surface area contributed by atoms with Crippen molar-refractivity contribution < 1.29 is 0 Å². The summed E-state index contributed by atoms with van der Waals surface area (Å²) in [5.41, 5.74) is 9.03. The fourth-order valence-corrected chi connectivity index (χ4v) is 5.04. The second-order valence-electron chi connectivity index (χ2n) is 9.31. The second kappa shape index (κ2) is 10.8. The third kappa shape index (κ3) is 4.93. The molecule has 0 unspecified atom stereocenters. The van der Waals surface area contributed by atoms with Crippen LogP contribution in [0.25, 0.3) is 22.3 Å². The topological polar surface area (TPSA) is 81.4 Å². The van der Waals surface area contributed by atoms with Crippen molar-refractivity contribution in [2.24, 2.45) is 0 Å². The van der Waals surface area contributed by atoms with Gasteiger partial charge in [0, 0.05) is 22.4 Å². The molecule has 1 atom stereocenters. The Bertz CT molecular complexity index is 1440. The van der Waals surface area contributed by atoms with Gasteiger partial charge >= 0.3 is 0 Å². The van der Waals surface area contributed by atoms with Crippen LogP contribution in [-0.4, -0.2) is 33.0 Å². The third-order valence-electron chi connectivity index (χ3n) is 6.79. The molecule has 2 aromatic carbocycles. The van der Waals surface area contributed by atoms with E-state index in [0.29, 0.717) is 6.04 Å². The Morgan fingerprint density at radius 3 is 2.67 bits per heavy atom. The van der Waals surface area contributed by atoms with Gasteiger partial charge in [-0.25, -0.2) is 9.97 Å². The lowest BCUT2D eigenvalue weighted by molar-refractivity contribution is 0.611. The Hall–Kier alpha value is -3.84. The number of terminal acetylenes is 1. The molecule has 182 valence electrons. The van der Waals surface area contributed by atoms with Gasteiger partial charge in [0.25, 0.3) is 0 Å². The number of nitrogens with zero attached hydrogens (tertiary/aromatic N) is 2. The lowest BCUT2D eigenvalue weighted by Crippen LogP contribution is -2.14. The maximum atomic E-state index is 4.98. The van der Waals surface area contributed by atoms with Crippen molar-refractivity contribution in [1.29, 1.82) is 0 Å². The number of aryl methyl sites for hydroxylation is 2. The molecule has 3 heterocycles. The summed E-state index contributed by atoms with van der Waals surface area (Å²) >= 11 is 0. The molecule has 1 aliphatic heterocycles. The number of rotatable bonds is 5. The highest BCUT2D eigenvalue weighted by molar-refractivity contribution is 5.77. The number of imidazole rings is 2. The van der Waals surface area contributed by atoms with Gasteiger partial charge in [0.05, 0.1) is 29.3 Å². The molecule has 0 amide bonds. The van der Waals surface area contributed by atoms with Gasteiger partial charge in [-0.15, -0.1) is 12.8 Å². The van der Waals surface area contributed by atoms with Crippen molar-refractivity contribution in [2.75, 3.05) is 13.1 Å². The zero-order chi connectivity index (χ0) is 24.9. The molecule has 4 aromatic rings. The Labute approximate surface area is 212 Å². The minimum absolute atomic E-state index is 0.370. The summed E-state index contributed by atoms with van der Waals surface area (Å²) < 4.78 is 0. The molecule has 0 bridgehead atoms. The third-order valence-corrected chi connectivity index (χ3v) is 6.79. The Kier molecular flexibility index (Phi) is 7.18. The van der Waals surface area contributed by atoms with E-state index in [1.807, 2.05) is 12.1 Å². The summed E-state index contributed by atoms with van der Waals surface area (Å²) in [5, 5.41) is 6.94. The summed E-state index contributed by atoms with van der Waals surface area (Å²) in [6.07, 6.45) is 13.5. The molecular weight excluding hydrogens is 444 g/mol. The summed E-state index contributed by atoms with van der Waals surface area (Å²) in [4.78, 5) is 16.6. The SMILES string of the molecule is C#C.CCCNCc1nc2ccc(C#Cc3ccc4c(c3)CCc3[nH]c([C@@H]5CCCN5)nc3-4)cc2[nH]1. The van der Waals surface area contributed by atoms with Crippen LogP contribution in [0.2, 0.25) is 0 Å². The Balaban J connectivity index is 0.00000130. The minimum atomic E-state index is 0.370. The maximum Gasteiger partial charge on any atom is 0.124 e. The normalized spacial score (nSPS) is 15.9. The van der Waals surface area contributed by atoms with Gasteiger partial charge in [0.2, 0.25) is 0 Å². The van der Waals surface area contributed by atoms with E-state index >= 15 is 0 Å². The van der Waals surface area contributed by atoms with E-state index in [1.165, 1.54) is 23.2 Å². The van der Waals surface area contributed by atoms with E-state index in [1.54, 1.807) is 0 Å². The smallest absolute Gasteiger partial charge is 0.124 e. The monoisotopic (exact) mass is 476 g/mol. The van der Waals surface area contributed by atoms with E-state index in [9.17, 15) is 0 Å².